The fourth-order valence-corrected chi connectivity index (χ4v) is 4.84. The van der Waals surface area contributed by atoms with E-state index in [-0.39, 0.29) is 6.42 Å². The minimum atomic E-state index is -0.906. The number of nitrogens with zero attached hydrogens (tertiary/aromatic N) is 4. The summed E-state index contributed by atoms with van der Waals surface area (Å²) < 4.78 is 2.09. The Bertz CT molecular complexity index is 1360. The lowest BCUT2D eigenvalue weighted by Crippen LogP contribution is -2.30. The van der Waals surface area contributed by atoms with Crippen LogP contribution in [0.15, 0.2) is 67.0 Å². The number of amides is 1. The van der Waals surface area contributed by atoms with Crippen molar-refractivity contribution >= 4 is 34.8 Å². The molecule has 0 aliphatic heterocycles. The Morgan fingerprint density at radius 1 is 1.14 bits per heavy atom. The van der Waals surface area contributed by atoms with Gasteiger partial charge in [-0.1, -0.05) is 36.4 Å². The van der Waals surface area contributed by atoms with Gasteiger partial charge < -0.3 is 19.5 Å². The van der Waals surface area contributed by atoms with Crippen LogP contribution in [-0.4, -0.2) is 34.1 Å². The minimum absolute atomic E-state index is 0.0977. The highest BCUT2D eigenvalue weighted by atomic mass is 16.4. The molecule has 2 aromatic carbocycles. The smallest absolute Gasteiger partial charge is 0.305 e. The van der Waals surface area contributed by atoms with Gasteiger partial charge in [0, 0.05) is 37.4 Å². The molecular weight excluding hydrogens is 440 g/mol. The summed E-state index contributed by atoms with van der Waals surface area (Å²) in [5, 5.41) is 10.7. The van der Waals surface area contributed by atoms with E-state index in [4.69, 9.17) is 0 Å². The van der Waals surface area contributed by atoms with Crippen LogP contribution in [0.1, 0.15) is 34.7 Å². The molecule has 4 rings (SSSR count). The summed E-state index contributed by atoms with van der Waals surface area (Å²) in [4.78, 5) is 32.1. The van der Waals surface area contributed by atoms with Crippen molar-refractivity contribution in [3.8, 4) is 0 Å². The Hall–Kier alpha value is -4.13. The summed E-state index contributed by atoms with van der Waals surface area (Å²) in [6.45, 7) is 4.53. The zero-order valence-corrected chi connectivity index (χ0v) is 20.5. The zero-order valence-electron chi connectivity index (χ0n) is 20.5. The molecular formula is C28H30N4O3. The molecule has 0 radical (unpaired) electrons. The van der Waals surface area contributed by atoms with Gasteiger partial charge in [-0.25, -0.2) is 4.98 Å². The van der Waals surface area contributed by atoms with Crippen molar-refractivity contribution in [3.63, 3.8) is 0 Å². The Kier molecular flexibility index (Phi) is 6.87. The number of fused-ring (bicyclic) bond motifs is 1. The van der Waals surface area contributed by atoms with Crippen LogP contribution in [0.4, 0.5) is 11.5 Å². The lowest BCUT2D eigenvalue weighted by molar-refractivity contribution is -0.137. The van der Waals surface area contributed by atoms with Gasteiger partial charge in [-0.2, -0.15) is 0 Å². The fraction of sp³-hybridized carbons (Fsp3) is 0.250. The molecule has 7 nitrogen and oxygen atoms in total. The number of pyridine rings is 1. The normalized spacial score (nSPS) is 11.9. The molecule has 4 aromatic rings. The standard InChI is InChI=1S/C28H30N4O3/c1-19-13-20(2)27-22(16-30(3)25(27)14-19)17-32(18-33)23-11-8-12-29-28(23)31(4)24(15-26(34)35)21-9-6-5-7-10-21/h5-14,16,18,24H,15,17H2,1-4H3,(H,34,35). The van der Waals surface area contributed by atoms with Crippen LogP contribution in [0, 0.1) is 13.8 Å². The molecule has 0 saturated carbocycles. The second-order valence-corrected chi connectivity index (χ2v) is 8.96. The van der Waals surface area contributed by atoms with Crippen LogP contribution in [0.25, 0.3) is 10.9 Å². The van der Waals surface area contributed by atoms with Crippen LogP contribution in [0.2, 0.25) is 0 Å². The molecule has 1 unspecified atom stereocenters. The average molecular weight is 471 g/mol. The van der Waals surface area contributed by atoms with Crippen LogP contribution in [0.3, 0.4) is 0 Å². The van der Waals surface area contributed by atoms with Gasteiger partial charge in [-0.15, -0.1) is 0 Å². The molecule has 1 atom stereocenters. The summed E-state index contributed by atoms with van der Waals surface area (Å²) >= 11 is 0. The van der Waals surface area contributed by atoms with Gasteiger partial charge in [0.05, 0.1) is 24.7 Å². The monoisotopic (exact) mass is 470 g/mol. The zero-order chi connectivity index (χ0) is 25.1. The number of carboxylic acid groups (broad SMARTS) is 1. The van der Waals surface area contributed by atoms with E-state index in [1.165, 1.54) is 5.56 Å². The number of aliphatic carboxylic acids is 1. The van der Waals surface area contributed by atoms with E-state index in [9.17, 15) is 14.7 Å². The molecule has 0 saturated heterocycles. The summed E-state index contributed by atoms with van der Waals surface area (Å²) in [5.41, 5.74) is 6.00. The largest absolute Gasteiger partial charge is 0.481 e. The number of aryl methyl sites for hydroxylation is 3. The van der Waals surface area contributed by atoms with E-state index in [1.807, 2.05) is 55.4 Å². The van der Waals surface area contributed by atoms with Crippen molar-refractivity contribution < 1.29 is 14.7 Å². The summed E-state index contributed by atoms with van der Waals surface area (Å²) in [6, 6.07) is 17.0. The Morgan fingerprint density at radius 2 is 1.89 bits per heavy atom. The first-order valence-electron chi connectivity index (χ1n) is 11.5. The molecule has 7 heteroatoms. The van der Waals surface area contributed by atoms with E-state index in [2.05, 4.69) is 41.7 Å². The maximum absolute atomic E-state index is 12.4. The highest BCUT2D eigenvalue weighted by molar-refractivity contribution is 5.90. The molecule has 0 aliphatic carbocycles. The van der Waals surface area contributed by atoms with Gasteiger partial charge in [-0.05, 0) is 54.3 Å². The van der Waals surface area contributed by atoms with Gasteiger partial charge in [0.1, 0.15) is 0 Å². The first kappa shape index (κ1) is 24.0. The molecule has 35 heavy (non-hydrogen) atoms. The van der Waals surface area contributed by atoms with Crippen LogP contribution in [-0.2, 0) is 23.2 Å². The quantitative estimate of drug-likeness (QED) is 0.348. The first-order valence-corrected chi connectivity index (χ1v) is 11.5. The van der Waals surface area contributed by atoms with E-state index >= 15 is 0 Å². The van der Waals surface area contributed by atoms with Crippen molar-refractivity contribution in [2.24, 2.45) is 7.05 Å². The van der Waals surface area contributed by atoms with Crippen molar-refractivity contribution in [1.29, 1.82) is 0 Å². The number of carboxylic acids is 1. The molecule has 180 valence electrons. The van der Waals surface area contributed by atoms with Gasteiger partial charge in [0.25, 0.3) is 0 Å². The lowest BCUT2D eigenvalue weighted by Gasteiger charge is -2.31. The number of carbonyl (C=O) groups is 2. The van der Waals surface area contributed by atoms with Gasteiger partial charge >= 0.3 is 5.97 Å². The maximum atomic E-state index is 12.4. The number of benzene rings is 2. The number of anilines is 2. The molecule has 1 N–H and O–H groups in total. The van der Waals surface area contributed by atoms with Gasteiger partial charge in [0.15, 0.2) is 5.82 Å². The van der Waals surface area contributed by atoms with Crippen molar-refractivity contribution in [1.82, 2.24) is 9.55 Å². The number of carbonyl (C=O) groups excluding carboxylic acids is 1. The molecule has 0 aliphatic rings. The second kappa shape index (κ2) is 10.0. The molecule has 0 fully saturated rings. The van der Waals surface area contributed by atoms with Crippen molar-refractivity contribution in [3.05, 3.63) is 89.2 Å². The number of hydrogen-bond donors (Lipinski definition) is 1. The lowest BCUT2D eigenvalue weighted by atomic mass is 10.0. The fourth-order valence-electron chi connectivity index (χ4n) is 4.84. The molecule has 2 heterocycles. The number of aromatic nitrogens is 2. The van der Waals surface area contributed by atoms with Gasteiger partial charge in [-0.3, -0.25) is 9.59 Å². The second-order valence-electron chi connectivity index (χ2n) is 8.96. The SMILES string of the molecule is Cc1cc(C)c2c(CN(C=O)c3cccnc3N(C)C(CC(=O)O)c3ccccc3)cn(C)c2c1. The molecule has 1 amide bonds. The summed E-state index contributed by atoms with van der Waals surface area (Å²) in [7, 11) is 3.83. The number of hydrogen-bond acceptors (Lipinski definition) is 4. The Morgan fingerprint density at radius 3 is 2.57 bits per heavy atom. The highest BCUT2D eigenvalue weighted by Gasteiger charge is 2.25. The third-order valence-corrected chi connectivity index (χ3v) is 6.41. The molecule has 0 bridgehead atoms. The first-order chi connectivity index (χ1) is 16.8. The third kappa shape index (κ3) is 4.89. The predicted molar refractivity (Wildman–Crippen MR) is 139 cm³/mol. The topological polar surface area (TPSA) is 78.7 Å². The highest BCUT2D eigenvalue weighted by Crippen LogP contribution is 2.35. The summed E-state index contributed by atoms with van der Waals surface area (Å²) in [5.74, 6) is -0.362. The van der Waals surface area contributed by atoms with E-state index in [1.54, 1.807) is 17.2 Å². The van der Waals surface area contributed by atoms with E-state index < -0.39 is 12.0 Å². The molecule has 0 spiro atoms. The maximum Gasteiger partial charge on any atom is 0.305 e. The Labute approximate surface area is 205 Å². The number of rotatable bonds is 9. The Balaban J connectivity index is 1.74. The molecule has 2 aromatic heterocycles. The third-order valence-electron chi connectivity index (χ3n) is 6.41. The van der Waals surface area contributed by atoms with Gasteiger partial charge in [0.2, 0.25) is 6.41 Å². The average Bonchev–Trinajstić information content (AvgIpc) is 3.16. The van der Waals surface area contributed by atoms with Crippen molar-refractivity contribution in [2.75, 3.05) is 16.8 Å². The summed E-state index contributed by atoms with van der Waals surface area (Å²) in [6.07, 6.45) is 4.43. The van der Waals surface area contributed by atoms with E-state index in [0.29, 0.717) is 18.1 Å². The van der Waals surface area contributed by atoms with Crippen LogP contribution < -0.4 is 9.80 Å². The van der Waals surface area contributed by atoms with Crippen LogP contribution >= 0.6 is 0 Å². The van der Waals surface area contributed by atoms with Crippen molar-refractivity contribution in [2.45, 2.75) is 32.9 Å². The van der Waals surface area contributed by atoms with Crippen LogP contribution in [0.5, 0.6) is 0 Å². The van der Waals surface area contributed by atoms with E-state index in [0.717, 1.165) is 34.0 Å². The minimum Gasteiger partial charge on any atom is -0.481 e. The predicted octanol–water partition coefficient (Wildman–Crippen LogP) is 5.01.